The van der Waals surface area contributed by atoms with E-state index in [0.29, 0.717) is 5.92 Å². The van der Waals surface area contributed by atoms with Crippen molar-refractivity contribution in [1.82, 2.24) is 10.6 Å². The van der Waals surface area contributed by atoms with Crippen molar-refractivity contribution in [2.45, 2.75) is 0 Å². The summed E-state index contributed by atoms with van der Waals surface area (Å²) in [6.07, 6.45) is 6.47. The van der Waals surface area contributed by atoms with E-state index in [1.165, 1.54) is 5.70 Å². The van der Waals surface area contributed by atoms with Crippen LogP contribution in [-0.2, 0) is 0 Å². The van der Waals surface area contributed by atoms with E-state index in [1.807, 2.05) is 0 Å². The SMILES string of the molecule is C1=CC2CNCNC2=C1. The highest BCUT2D eigenvalue weighted by Crippen LogP contribution is 2.16. The maximum Gasteiger partial charge on any atom is 0.0650 e. The molecule has 0 saturated carbocycles. The van der Waals surface area contributed by atoms with Crippen LogP contribution < -0.4 is 10.6 Å². The lowest BCUT2D eigenvalue weighted by Crippen LogP contribution is -2.40. The molecule has 0 amide bonds. The minimum absolute atomic E-state index is 0.624. The Morgan fingerprint density at radius 2 is 2.56 bits per heavy atom. The highest BCUT2D eigenvalue weighted by atomic mass is 15.1. The smallest absolute Gasteiger partial charge is 0.0650 e. The summed E-state index contributed by atoms with van der Waals surface area (Å²) in [6, 6.07) is 0. The fourth-order valence-electron chi connectivity index (χ4n) is 1.28. The van der Waals surface area contributed by atoms with E-state index in [0.717, 1.165) is 13.2 Å². The summed E-state index contributed by atoms with van der Waals surface area (Å²) in [4.78, 5) is 0. The lowest BCUT2D eigenvalue weighted by molar-refractivity contribution is 0.496. The average Bonchev–Trinajstić information content (AvgIpc) is 2.33. The largest absolute Gasteiger partial charge is 0.375 e. The molecule has 1 atom stereocenters. The fourth-order valence-corrected chi connectivity index (χ4v) is 1.28. The molecule has 0 bridgehead atoms. The van der Waals surface area contributed by atoms with E-state index >= 15 is 0 Å². The van der Waals surface area contributed by atoms with Gasteiger partial charge in [0.05, 0.1) is 6.67 Å². The summed E-state index contributed by atoms with van der Waals surface area (Å²) in [5, 5.41) is 6.52. The van der Waals surface area contributed by atoms with Crippen molar-refractivity contribution in [2.75, 3.05) is 13.2 Å². The molecular weight excluding hydrogens is 112 g/mol. The molecule has 2 heteroatoms. The Morgan fingerprint density at radius 3 is 3.44 bits per heavy atom. The highest BCUT2D eigenvalue weighted by molar-refractivity contribution is 5.27. The third-order valence-electron chi connectivity index (χ3n) is 1.80. The molecule has 2 rings (SSSR count). The van der Waals surface area contributed by atoms with Crippen LogP contribution in [0, 0.1) is 5.92 Å². The molecule has 0 aromatic rings. The Labute approximate surface area is 54.6 Å². The Hall–Kier alpha value is -0.760. The number of hydrogen-bond acceptors (Lipinski definition) is 2. The average molecular weight is 122 g/mol. The van der Waals surface area contributed by atoms with Crippen molar-refractivity contribution >= 4 is 0 Å². The molecule has 1 saturated heterocycles. The highest BCUT2D eigenvalue weighted by Gasteiger charge is 2.16. The van der Waals surface area contributed by atoms with Gasteiger partial charge in [0.25, 0.3) is 0 Å². The molecule has 1 aliphatic heterocycles. The molecule has 0 aromatic carbocycles. The molecule has 0 radical (unpaired) electrons. The summed E-state index contributed by atoms with van der Waals surface area (Å²) in [6.45, 7) is 2.01. The molecule has 9 heavy (non-hydrogen) atoms. The van der Waals surface area contributed by atoms with Crippen LogP contribution >= 0.6 is 0 Å². The van der Waals surface area contributed by atoms with E-state index < -0.39 is 0 Å². The fraction of sp³-hybridized carbons (Fsp3) is 0.429. The van der Waals surface area contributed by atoms with Gasteiger partial charge in [-0.15, -0.1) is 0 Å². The van der Waals surface area contributed by atoms with E-state index in [-0.39, 0.29) is 0 Å². The third-order valence-corrected chi connectivity index (χ3v) is 1.80. The molecule has 2 nitrogen and oxygen atoms in total. The van der Waals surface area contributed by atoms with Gasteiger partial charge in [0.2, 0.25) is 0 Å². The minimum Gasteiger partial charge on any atom is -0.375 e. The van der Waals surface area contributed by atoms with Crippen LogP contribution in [0.15, 0.2) is 23.9 Å². The zero-order chi connectivity index (χ0) is 6.10. The van der Waals surface area contributed by atoms with Crippen LogP contribution in [-0.4, -0.2) is 13.2 Å². The van der Waals surface area contributed by atoms with Gasteiger partial charge in [0.15, 0.2) is 0 Å². The topological polar surface area (TPSA) is 24.1 Å². The molecule has 1 heterocycles. The normalized spacial score (nSPS) is 31.1. The Morgan fingerprint density at radius 1 is 1.56 bits per heavy atom. The predicted octanol–water partition coefficient (Wildman–Crippen LogP) is 0.207. The van der Waals surface area contributed by atoms with Crippen molar-refractivity contribution in [3.8, 4) is 0 Å². The van der Waals surface area contributed by atoms with Gasteiger partial charge in [0, 0.05) is 18.2 Å². The van der Waals surface area contributed by atoms with E-state index in [2.05, 4.69) is 28.9 Å². The standard InChI is InChI=1S/C7H10N2/c1-2-6-4-8-5-9-7(6)3-1/h1-3,6,8-9H,4-5H2. The third kappa shape index (κ3) is 0.754. The zero-order valence-corrected chi connectivity index (χ0v) is 5.22. The lowest BCUT2D eigenvalue weighted by atomic mass is 10.1. The minimum atomic E-state index is 0.624. The van der Waals surface area contributed by atoms with Gasteiger partial charge in [-0.25, -0.2) is 0 Å². The van der Waals surface area contributed by atoms with Gasteiger partial charge >= 0.3 is 0 Å². The van der Waals surface area contributed by atoms with Crippen molar-refractivity contribution in [2.24, 2.45) is 5.92 Å². The van der Waals surface area contributed by atoms with Gasteiger partial charge in [-0.3, -0.25) is 5.32 Å². The first-order valence-corrected chi connectivity index (χ1v) is 3.30. The molecule has 0 aromatic heterocycles. The van der Waals surface area contributed by atoms with Crippen LogP contribution in [0.5, 0.6) is 0 Å². The van der Waals surface area contributed by atoms with E-state index in [4.69, 9.17) is 0 Å². The van der Waals surface area contributed by atoms with Crippen molar-refractivity contribution in [3.05, 3.63) is 23.9 Å². The number of hydrogen-bond donors (Lipinski definition) is 2. The molecule has 1 unspecified atom stereocenters. The number of rotatable bonds is 0. The van der Waals surface area contributed by atoms with Crippen molar-refractivity contribution in [1.29, 1.82) is 0 Å². The lowest BCUT2D eigenvalue weighted by Gasteiger charge is -2.22. The second-order valence-corrected chi connectivity index (χ2v) is 2.42. The Bertz CT molecular complexity index is 170. The molecule has 1 fully saturated rings. The second kappa shape index (κ2) is 1.88. The number of allylic oxidation sites excluding steroid dienone is 2. The first kappa shape index (κ1) is 5.06. The number of nitrogens with one attached hydrogen (secondary N) is 2. The summed E-state index contributed by atoms with van der Waals surface area (Å²) in [5.41, 5.74) is 1.37. The molecule has 2 aliphatic rings. The van der Waals surface area contributed by atoms with Crippen LogP contribution in [0.25, 0.3) is 0 Å². The van der Waals surface area contributed by atoms with Crippen molar-refractivity contribution < 1.29 is 0 Å². The summed E-state index contributed by atoms with van der Waals surface area (Å²) in [7, 11) is 0. The molecule has 2 N–H and O–H groups in total. The molecular formula is C7H10N2. The van der Waals surface area contributed by atoms with Gasteiger partial charge in [-0.2, -0.15) is 0 Å². The first-order chi connectivity index (χ1) is 4.47. The summed E-state index contributed by atoms with van der Waals surface area (Å²) >= 11 is 0. The Kier molecular flexibility index (Phi) is 1.06. The Balaban J connectivity index is 2.16. The molecule has 1 aliphatic carbocycles. The van der Waals surface area contributed by atoms with Gasteiger partial charge in [0.1, 0.15) is 0 Å². The summed E-state index contributed by atoms with van der Waals surface area (Å²) in [5.74, 6) is 0.624. The predicted molar refractivity (Wildman–Crippen MR) is 36.7 cm³/mol. The first-order valence-electron chi connectivity index (χ1n) is 3.30. The van der Waals surface area contributed by atoms with Crippen LogP contribution in [0.1, 0.15) is 0 Å². The van der Waals surface area contributed by atoms with Crippen LogP contribution in [0.2, 0.25) is 0 Å². The quantitative estimate of drug-likeness (QED) is 0.480. The van der Waals surface area contributed by atoms with Gasteiger partial charge in [-0.05, 0) is 6.08 Å². The zero-order valence-electron chi connectivity index (χ0n) is 5.22. The van der Waals surface area contributed by atoms with Crippen LogP contribution in [0.4, 0.5) is 0 Å². The summed E-state index contributed by atoms with van der Waals surface area (Å²) < 4.78 is 0. The number of fused-ring (bicyclic) bond motifs is 1. The van der Waals surface area contributed by atoms with E-state index in [9.17, 15) is 0 Å². The second-order valence-electron chi connectivity index (χ2n) is 2.42. The van der Waals surface area contributed by atoms with E-state index in [1.54, 1.807) is 0 Å². The van der Waals surface area contributed by atoms with Gasteiger partial charge < -0.3 is 5.32 Å². The van der Waals surface area contributed by atoms with Crippen LogP contribution in [0.3, 0.4) is 0 Å². The maximum absolute atomic E-state index is 3.27. The van der Waals surface area contributed by atoms with Gasteiger partial charge in [-0.1, -0.05) is 12.2 Å². The molecule has 48 valence electrons. The van der Waals surface area contributed by atoms with Crippen molar-refractivity contribution in [3.63, 3.8) is 0 Å². The molecule has 0 spiro atoms. The maximum atomic E-state index is 3.27. The monoisotopic (exact) mass is 122 g/mol.